The van der Waals surface area contributed by atoms with Gasteiger partial charge in [0.1, 0.15) is 0 Å². The molecule has 0 rings (SSSR count). The summed E-state index contributed by atoms with van der Waals surface area (Å²) in [6, 6.07) is 0. The van der Waals surface area contributed by atoms with E-state index in [1.807, 2.05) is 6.92 Å². The van der Waals surface area contributed by atoms with Crippen LogP contribution in [0.4, 0.5) is 0 Å². The predicted octanol–water partition coefficient (Wildman–Crippen LogP) is 0.921. The molecule has 0 aliphatic rings. The topological polar surface area (TPSA) is 39.2 Å². The standard InChI is InChI=1S/C3H6OS2.Fe.H2O.H2/c1-2-4-3(5)6;;;/h2H2,1H3,(H,5,6);;1H2;1H/q;+2;;/p-2. The Morgan fingerprint density at radius 1 is 1.88 bits per heavy atom. The van der Waals surface area contributed by atoms with Crippen LogP contribution in [0.1, 0.15) is 8.35 Å². The zero-order chi connectivity index (χ0) is 4.99. The molecule has 0 unspecified atom stereocenters. The van der Waals surface area contributed by atoms with Crippen molar-refractivity contribution in [1.29, 1.82) is 0 Å². The summed E-state index contributed by atoms with van der Waals surface area (Å²) in [7, 11) is 0. The van der Waals surface area contributed by atoms with E-state index in [0.29, 0.717) is 6.61 Å². The minimum Gasteiger partial charge on any atom is -0.870 e. The number of rotatable bonds is 1. The first kappa shape index (κ1) is 15.8. The van der Waals surface area contributed by atoms with Gasteiger partial charge in [-0.2, -0.15) is 0 Å². The molecule has 0 heterocycles. The second-order valence-corrected chi connectivity index (χ2v) is 1.68. The molecule has 0 atom stereocenters. The fourth-order valence-corrected chi connectivity index (χ4v) is 0.354. The SMILES string of the molecule is CCOC(=S)[S-].[Fe+2].[HH].[OH-]. The van der Waals surface area contributed by atoms with E-state index >= 15 is 0 Å². The van der Waals surface area contributed by atoms with Gasteiger partial charge in [-0.15, -0.1) is 0 Å². The van der Waals surface area contributed by atoms with E-state index in [1.54, 1.807) is 0 Å². The van der Waals surface area contributed by atoms with E-state index in [2.05, 4.69) is 29.6 Å². The van der Waals surface area contributed by atoms with Gasteiger partial charge < -0.3 is 35.1 Å². The van der Waals surface area contributed by atoms with Crippen molar-refractivity contribution in [3.63, 3.8) is 0 Å². The van der Waals surface area contributed by atoms with Gasteiger partial charge in [0.2, 0.25) is 0 Å². The van der Waals surface area contributed by atoms with Gasteiger partial charge >= 0.3 is 17.1 Å². The minimum absolute atomic E-state index is 0. The number of hydrogen-bond donors (Lipinski definition) is 0. The van der Waals surface area contributed by atoms with E-state index in [4.69, 9.17) is 0 Å². The maximum Gasteiger partial charge on any atom is 2.00 e. The molecule has 5 heteroatoms. The Labute approximate surface area is 71.7 Å². The third kappa shape index (κ3) is 16.0. The van der Waals surface area contributed by atoms with Gasteiger partial charge in [-0.3, -0.25) is 0 Å². The van der Waals surface area contributed by atoms with Gasteiger partial charge in [0.05, 0.1) is 6.61 Å². The van der Waals surface area contributed by atoms with Crippen LogP contribution in [0, 0.1) is 0 Å². The first-order valence-corrected chi connectivity index (χ1v) is 2.42. The summed E-state index contributed by atoms with van der Waals surface area (Å²) in [5, 5.41) is 0. The van der Waals surface area contributed by atoms with E-state index < -0.39 is 0 Å². The largest absolute Gasteiger partial charge is 2.00 e. The van der Waals surface area contributed by atoms with Crippen molar-refractivity contribution in [3.8, 4) is 0 Å². The first-order chi connectivity index (χ1) is 2.77. The summed E-state index contributed by atoms with van der Waals surface area (Å²) in [5.41, 5.74) is 0. The van der Waals surface area contributed by atoms with Gasteiger partial charge in [0.15, 0.2) is 0 Å². The number of ether oxygens (including phenoxy) is 1. The Balaban J connectivity index is -0.0000000417. The van der Waals surface area contributed by atoms with Crippen LogP contribution in [0.2, 0.25) is 0 Å². The number of thiocarbonyl (C=S) groups is 1. The van der Waals surface area contributed by atoms with Crippen LogP contribution in [0.5, 0.6) is 0 Å². The Bertz CT molecular complexity index is 63.8. The van der Waals surface area contributed by atoms with Gasteiger partial charge in [-0.1, -0.05) is 0 Å². The van der Waals surface area contributed by atoms with Crippen molar-refractivity contribution in [2.75, 3.05) is 6.61 Å². The van der Waals surface area contributed by atoms with Crippen molar-refractivity contribution in [2.24, 2.45) is 0 Å². The molecule has 0 fully saturated rings. The van der Waals surface area contributed by atoms with Crippen LogP contribution in [-0.2, 0) is 34.4 Å². The molecule has 0 aromatic heterocycles. The second kappa shape index (κ2) is 10.5. The molecule has 1 N–H and O–H groups in total. The van der Waals surface area contributed by atoms with Gasteiger partial charge in [-0.25, -0.2) is 0 Å². The molecule has 52 valence electrons. The van der Waals surface area contributed by atoms with Gasteiger partial charge in [0, 0.05) is 5.81 Å². The van der Waals surface area contributed by atoms with Crippen LogP contribution < -0.4 is 0 Å². The van der Waals surface area contributed by atoms with Crippen LogP contribution in [0.3, 0.4) is 0 Å². The molecule has 0 bridgehead atoms. The quantitative estimate of drug-likeness (QED) is 0.355. The molecule has 0 aliphatic carbocycles. The molecular formula is C3H8FeO2S2. The molecular weight excluding hydrogens is 188 g/mol. The van der Waals surface area contributed by atoms with Gasteiger partial charge in [-0.05, 0) is 6.92 Å². The molecule has 8 heavy (non-hydrogen) atoms. The van der Waals surface area contributed by atoms with Crippen molar-refractivity contribution >= 4 is 29.2 Å². The van der Waals surface area contributed by atoms with E-state index in [9.17, 15) is 0 Å². The molecule has 0 radical (unpaired) electrons. The fraction of sp³-hybridized carbons (Fsp3) is 0.667. The van der Waals surface area contributed by atoms with Crippen LogP contribution in [-0.4, -0.2) is 16.5 Å². The summed E-state index contributed by atoms with van der Waals surface area (Å²) < 4.78 is 4.79. The van der Waals surface area contributed by atoms with Gasteiger partial charge in [0.25, 0.3) is 0 Å². The Kier molecular flexibility index (Phi) is 20.9. The minimum atomic E-state index is 0. The van der Waals surface area contributed by atoms with Crippen molar-refractivity contribution in [2.45, 2.75) is 6.92 Å². The summed E-state index contributed by atoms with van der Waals surface area (Å²) in [6.45, 7) is 2.43. The first-order valence-electron chi connectivity index (χ1n) is 1.61. The molecule has 0 saturated carbocycles. The molecule has 0 aromatic rings. The predicted molar refractivity (Wildman–Crippen MR) is 35.6 cm³/mol. The maximum absolute atomic E-state index is 4.59. The Morgan fingerprint density at radius 3 is 2.25 bits per heavy atom. The number of hydrogen-bond acceptors (Lipinski definition) is 4. The van der Waals surface area contributed by atoms with Crippen molar-refractivity contribution < 1.29 is 28.7 Å². The monoisotopic (exact) mass is 196 g/mol. The summed E-state index contributed by atoms with van der Waals surface area (Å²) in [5.74, 6) is 0. The zero-order valence-corrected chi connectivity index (χ0v) is 6.97. The smallest absolute Gasteiger partial charge is 0.870 e. The third-order valence-corrected chi connectivity index (χ3v) is 0.498. The average Bonchev–Trinajstić information content (AvgIpc) is 1.35. The Hall–Kier alpha value is 0.589. The molecule has 0 spiro atoms. The molecule has 0 amide bonds. The van der Waals surface area contributed by atoms with Crippen LogP contribution >= 0.6 is 12.2 Å². The van der Waals surface area contributed by atoms with E-state index in [0.717, 1.165) is 0 Å². The van der Waals surface area contributed by atoms with Crippen molar-refractivity contribution in [1.82, 2.24) is 0 Å². The summed E-state index contributed by atoms with van der Waals surface area (Å²) in [4.78, 5) is 0. The average molecular weight is 196 g/mol. The van der Waals surface area contributed by atoms with E-state index in [-0.39, 0.29) is 28.4 Å². The maximum atomic E-state index is 4.59. The molecule has 0 aliphatic heterocycles. The fourth-order valence-electron chi connectivity index (χ4n) is 0.118. The molecule has 0 saturated heterocycles. The summed E-state index contributed by atoms with van der Waals surface area (Å²) in [6.07, 6.45) is 0. The van der Waals surface area contributed by atoms with Crippen LogP contribution in [0.15, 0.2) is 0 Å². The Morgan fingerprint density at radius 2 is 2.25 bits per heavy atom. The zero-order valence-electron chi connectivity index (χ0n) is 4.23. The normalized spacial score (nSPS) is 5.62. The second-order valence-electron chi connectivity index (χ2n) is 0.683. The molecule has 0 aromatic carbocycles. The van der Waals surface area contributed by atoms with Crippen molar-refractivity contribution in [3.05, 3.63) is 0 Å². The van der Waals surface area contributed by atoms with E-state index in [1.165, 1.54) is 0 Å². The molecule has 2 nitrogen and oxygen atoms in total. The third-order valence-electron chi connectivity index (χ3n) is 0.262. The van der Waals surface area contributed by atoms with Crippen LogP contribution in [0.25, 0.3) is 0 Å². The summed E-state index contributed by atoms with van der Waals surface area (Å²) >= 11 is 8.77.